The monoisotopic (exact) mass is 372 g/mol. The fraction of sp³-hybridized carbons (Fsp3) is 0.385. The lowest BCUT2D eigenvalue weighted by Crippen LogP contribution is -2.18. The third-order valence-electron chi connectivity index (χ3n) is 2.87. The third kappa shape index (κ3) is 4.44. The maximum atomic E-state index is 11.3. The Labute approximate surface area is 135 Å². The average molecular weight is 373 g/mol. The highest BCUT2D eigenvalue weighted by atomic mass is 79.9. The van der Waals surface area contributed by atoms with Gasteiger partial charge in [0, 0.05) is 36.6 Å². The van der Waals surface area contributed by atoms with Crippen LogP contribution in [-0.2, 0) is 18.3 Å². The minimum absolute atomic E-state index is 0.212. The normalized spacial score (nSPS) is 11.0. The van der Waals surface area contributed by atoms with E-state index < -0.39 is 0 Å². The molecule has 1 heterocycles. The fourth-order valence-corrected chi connectivity index (χ4v) is 3.17. The van der Waals surface area contributed by atoms with Crippen molar-refractivity contribution in [3.63, 3.8) is 0 Å². The predicted molar refractivity (Wildman–Crippen MR) is 85.7 cm³/mol. The summed E-state index contributed by atoms with van der Waals surface area (Å²) in [7, 11) is 3.38. The zero-order valence-corrected chi connectivity index (χ0v) is 14.3. The van der Waals surface area contributed by atoms with Crippen LogP contribution in [0.3, 0.4) is 0 Å². The van der Waals surface area contributed by atoms with E-state index >= 15 is 0 Å². The molecule has 2 rings (SSSR count). The summed E-state index contributed by atoms with van der Waals surface area (Å²) in [5.41, 5.74) is 0.960. The van der Waals surface area contributed by atoms with E-state index in [-0.39, 0.29) is 5.69 Å². The second kappa shape index (κ2) is 7.79. The maximum Gasteiger partial charge on any atom is 0.343 e. The number of benzene rings is 1. The molecule has 2 N–H and O–H groups in total. The molecule has 0 aliphatic carbocycles. The molecule has 8 heteroatoms. The molecule has 0 atom stereocenters. The first-order valence-corrected chi connectivity index (χ1v) is 8.00. The highest BCUT2D eigenvalue weighted by Crippen LogP contribution is 2.29. The smallest absolute Gasteiger partial charge is 0.343 e. The van der Waals surface area contributed by atoms with Gasteiger partial charge in [-0.25, -0.2) is 9.89 Å². The molecule has 2 aromatic rings. The van der Waals surface area contributed by atoms with E-state index in [1.54, 1.807) is 14.2 Å². The number of ether oxygens (including phenoxy) is 1. The number of H-pyrrole nitrogens is 1. The predicted octanol–water partition coefficient (Wildman–Crippen LogP) is 1.76. The number of methoxy groups -OCH3 is 1. The number of nitrogens with one attached hydrogen (secondary N) is 2. The largest absolute Gasteiger partial charge is 0.383 e. The Hall–Kier alpha value is -1.09. The van der Waals surface area contributed by atoms with Crippen LogP contribution in [0.25, 0.3) is 0 Å². The van der Waals surface area contributed by atoms with Gasteiger partial charge in [0.05, 0.1) is 6.61 Å². The lowest BCUT2D eigenvalue weighted by molar-refractivity contribution is 0.199. The van der Waals surface area contributed by atoms with Crippen LogP contribution in [0.15, 0.2) is 37.5 Å². The van der Waals surface area contributed by atoms with Crippen LogP contribution in [0.1, 0.15) is 5.56 Å². The number of rotatable bonds is 7. The van der Waals surface area contributed by atoms with Crippen molar-refractivity contribution in [1.82, 2.24) is 20.1 Å². The van der Waals surface area contributed by atoms with Gasteiger partial charge in [0.2, 0.25) is 0 Å². The second-order valence-corrected chi connectivity index (χ2v) is 6.29. The van der Waals surface area contributed by atoms with E-state index in [0.717, 1.165) is 22.5 Å². The summed E-state index contributed by atoms with van der Waals surface area (Å²) in [5, 5.41) is 10.3. The summed E-state index contributed by atoms with van der Waals surface area (Å²) in [5.74, 6) is 0. The molecule has 0 saturated heterocycles. The summed E-state index contributed by atoms with van der Waals surface area (Å²) in [6.07, 6.45) is 0. The van der Waals surface area contributed by atoms with Gasteiger partial charge in [0.25, 0.3) is 0 Å². The minimum Gasteiger partial charge on any atom is -0.383 e. The molecular weight excluding hydrogens is 356 g/mol. The summed E-state index contributed by atoms with van der Waals surface area (Å²) in [4.78, 5) is 12.3. The third-order valence-corrected chi connectivity index (χ3v) is 4.65. The topological polar surface area (TPSA) is 71.9 Å². The molecule has 1 aromatic heterocycles. The molecule has 21 heavy (non-hydrogen) atoms. The molecule has 0 radical (unpaired) electrons. The molecule has 0 amide bonds. The molecule has 0 bridgehead atoms. The van der Waals surface area contributed by atoms with Crippen molar-refractivity contribution in [1.29, 1.82) is 0 Å². The van der Waals surface area contributed by atoms with Gasteiger partial charge in [0.1, 0.15) is 0 Å². The second-order valence-electron chi connectivity index (χ2n) is 4.40. The number of nitrogens with zero attached hydrogens (tertiary/aromatic N) is 2. The minimum atomic E-state index is -0.212. The number of aromatic amines is 1. The Kier molecular flexibility index (Phi) is 6.04. The van der Waals surface area contributed by atoms with Crippen molar-refractivity contribution in [2.24, 2.45) is 7.05 Å². The SMILES string of the molecule is COCCNCc1ccc(Sc2n[nH]c(=O)n2C)cc1Br. The van der Waals surface area contributed by atoms with Crippen molar-refractivity contribution in [2.75, 3.05) is 20.3 Å². The standard InChI is InChI=1S/C13H17BrN4O2S/c1-18-12(19)16-17-13(18)21-10-4-3-9(11(14)7-10)8-15-5-6-20-2/h3-4,7,15H,5-6,8H2,1-2H3,(H,16,19). The first-order chi connectivity index (χ1) is 10.1. The van der Waals surface area contributed by atoms with Crippen LogP contribution in [-0.4, -0.2) is 35.0 Å². The van der Waals surface area contributed by atoms with Gasteiger partial charge >= 0.3 is 5.69 Å². The van der Waals surface area contributed by atoms with Gasteiger partial charge < -0.3 is 10.1 Å². The number of aromatic nitrogens is 3. The number of halogens is 1. The summed E-state index contributed by atoms with van der Waals surface area (Å²) in [6, 6.07) is 6.09. The number of hydrogen-bond acceptors (Lipinski definition) is 5. The molecular formula is C13H17BrN4O2S. The van der Waals surface area contributed by atoms with E-state index in [1.807, 2.05) is 12.1 Å². The van der Waals surface area contributed by atoms with Crippen molar-refractivity contribution < 1.29 is 4.74 Å². The summed E-state index contributed by atoms with van der Waals surface area (Å²) in [6.45, 7) is 2.28. The quantitative estimate of drug-likeness (QED) is 0.724. The van der Waals surface area contributed by atoms with E-state index in [1.165, 1.54) is 21.9 Å². The Balaban J connectivity index is 2.01. The maximum absolute atomic E-state index is 11.3. The molecule has 0 aliphatic rings. The van der Waals surface area contributed by atoms with Gasteiger partial charge in [0.15, 0.2) is 5.16 Å². The Morgan fingerprint density at radius 1 is 1.52 bits per heavy atom. The lowest BCUT2D eigenvalue weighted by Gasteiger charge is -2.08. The molecule has 0 fully saturated rings. The fourth-order valence-electron chi connectivity index (χ4n) is 1.66. The number of hydrogen-bond donors (Lipinski definition) is 2. The lowest BCUT2D eigenvalue weighted by atomic mass is 10.2. The molecule has 114 valence electrons. The highest BCUT2D eigenvalue weighted by molar-refractivity contribution is 9.10. The average Bonchev–Trinajstić information content (AvgIpc) is 2.77. The van der Waals surface area contributed by atoms with Gasteiger partial charge in [-0.2, -0.15) is 0 Å². The van der Waals surface area contributed by atoms with Crippen molar-refractivity contribution in [3.8, 4) is 0 Å². The zero-order valence-electron chi connectivity index (χ0n) is 11.9. The van der Waals surface area contributed by atoms with Crippen molar-refractivity contribution in [2.45, 2.75) is 16.6 Å². The van der Waals surface area contributed by atoms with Gasteiger partial charge in [-0.1, -0.05) is 22.0 Å². The molecule has 0 saturated carbocycles. The van der Waals surface area contributed by atoms with E-state index in [4.69, 9.17) is 4.74 Å². The van der Waals surface area contributed by atoms with Crippen molar-refractivity contribution in [3.05, 3.63) is 38.7 Å². The van der Waals surface area contributed by atoms with Crippen LogP contribution in [0.5, 0.6) is 0 Å². The molecule has 0 unspecified atom stereocenters. The van der Waals surface area contributed by atoms with Crippen LogP contribution in [0.2, 0.25) is 0 Å². The Bertz CT molecular complexity index is 656. The van der Waals surface area contributed by atoms with Crippen LogP contribution in [0, 0.1) is 0 Å². The molecule has 1 aromatic carbocycles. The Morgan fingerprint density at radius 2 is 2.33 bits per heavy atom. The van der Waals surface area contributed by atoms with E-state index in [2.05, 4.69) is 37.5 Å². The first kappa shape index (κ1) is 16.3. The van der Waals surface area contributed by atoms with E-state index in [9.17, 15) is 4.79 Å². The molecule has 6 nitrogen and oxygen atoms in total. The van der Waals surface area contributed by atoms with Gasteiger partial charge in [-0.15, -0.1) is 5.10 Å². The summed E-state index contributed by atoms with van der Waals surface area (Å²) >= 11 is 5.01. The Morgan fingerprint density at radius 3 is 2.95 bits per heavy atom. The molecule has 0 aliphatic heterocycles. The van der Waals surface area contributed by atoms with Crippen LogP contribution < -0.4 is 11.0 Å². The van der Waals surface area contributed by atoms with E-state index in [0.29, 0.717) is 11.8 Å². The zero-order chi connectivity index (χ0) is 15.2. The van der Waals surface area contributed by atoms with Crippen LogP contribution in [0.4, 0.5) is 0 Å². The molecule has 0 spiro atoms. The summed E-state index contributed by atoms with van der Waals surface area (Å²) < 4.78 is 7.50. The van der Waals surface area contributed by atoms with Gasteiger partial charge in [-0.3, -0.25) is 4.57 Å². The van der Waals surface area contributed by atoms with Gasteiger partial charge in [-0.05, 0) is 29.5 Å². The highest BCUT2D eigenvalue weighted by Gasteiger charge is 2.08. The van der Waals surface area contributed by atoms with Crippen LogP contribution >= 0.6 is 27.7 Å². The first-order valence-electron chi connectivity index (χ1n) is 6.39. The van der Waals surface area contributed by atoms with Crippen molar-refractivity contribution >= 4 is 27.7 Å².